The van der Waals surface area contributed by atoms with Crippen LogP contribution in [0.25, 0.3) is 10.9 Å². The van der Waals surface area contributed by atoms with Gasteiger partial charge in [-0.25, -0.2) is 13.1 Å². The maximum atomic E-state index is 12.7. The van der Waals surface area contributed by atoms with Gasteiger partial charge in [0.25, 0.3) is 0 Å². The number of hydrogen-bond donors (Lipinski definition) is 2. The summed E-state index contributed by atoms with van der Waals surface area (Å²) in [6, 6.07) is 8.87. The van der Waals surface area contributed by atoms with E-state index in [1.165, 1.54) is 0 Å². The maximum Gasteiger partial charge on any atom is 0.241 e. The van der Waals surface area contributed by atoms with Crippen molar-refractivity contribution in [2.24, 2.45) is 5.41 Å². The van der Waals surface area contributed by atoms with E-state index in [0.29, 0.717) is 17.4 Å². The van der Waals surface area contributed by atoms with Crippen LogP contribution < -0.4 is 10.0 Å². The summed E-state index contributed by atoms with van der Waals surface area (Å²) in [5.41, 5.74) is 0.771. The Labute approximate surface area is 149 Å². The molecule has 0 saturated carbocycles. The summed E-state index contributed by atoms with van der Waals surface area (Å²) < 4.78 is 28.2. The number of pyridine rings is 1. The molecule has 2 aromatic rings. The number of fused-ring (bicyclic) bond motifs is 1. The van der Waals surface area contributed by atoms with Crippen LogP contribution >= 0.6 is 12.4 Å². The van der Waals surface area contributed by atoms with E-state index in [1.54, 1.807) is 30.5 Å². The Morgan fingerprint density at radius 1 is 1.29 bits per heavy atom. The van der Waals surface area contributed by atoms with Crippen LogP contribution in [0.15, 0.2) is 41.4 Å². The lowest BCUT2D eigenvalue weighted by molar-refractivity contribution is 0.182. The van der Waals surface area contributed by atoms with Crippen molar-refractivity contribution in [1.82, 2.24) is 15.0 Å². The smallest absolute Gasteiger partial charge is 0.241 e. The van der Waals surface area contributed by atoms with E-state index in [4.69, 9.17) is 0 Å². The Kier molecular flexibility index (Phi) is 5.86. The molecule has 0 bridgehead atoms. The number of aromatic nitrogens is 1. The van der Waals surface area contributed by atoms with Crippen LogP contribution in [0.2, 0.25) is 0 Å². The number of nitrogens with zero attached hydrogens (tertiary/aromatic N) is 1. The molecule has 0 spiro atoms. The van der Waals surface area contributed by atoms with Gasteiger partial charge in [-0.15, -0.1) is 12.4 Å². The summed E-state index contributed by atoms with van der Waals surface area (Å²) in [4.78, 5) is 4.51. The minimum Gasteiger partial charge on any atom is -0.312 e. The molecule has 3 rings (SSSR count). The molecule has 0 aliphatic carbocycles. The van der Waals surface area contributed by atoms with Crippen LogP contribution in [-0.4, -0.2) is 32.5 Å². The van der Waals surface area contributed by atoms with Gasteiger partial charge in [0.2, 0.25) is 10.0 Å². The zero-order chi connectivity index (χ0) is 16.5. The fraction of sp³-hybridized carbons (Fsp3) is 0.471. The van der Waals surface area contributed by atoms with Crippen molar-refractivity contribution in [3.63, 3.8) is 0 Å². The van der Waals surface area contributed by atoms with Crippen molar-refractivity contribution in [2.75, 3.05) is 13.1 Å². The highest BCUT2D eigenvalue weighted by Gasteiger charge is 2.32. The predicted octanol–water partition coefficient (Wildman–Crippen LogP) is 2.71. The van der Waals surface area contributed by atoms with E-state index >= 15 is 0 Å². The number of piperidine rings is 1. The number of sulfonamides is 1. The molecule has 1 aliphatic rings. The van der Waals surface area contributed by atoms with E-state index in [2.05, 4.69) is 28.9 Å². The zero-order valence-corrected chi connectivity index (χ0v) is 15.6. The van der Waals surface area contributed by atoms with Gasteiger partial charge in [-0.3, -0.25) is 4.98 Å². The Morgan fingerprint density at radius 2 is 2.08 bits per heavy atom. The van der Waals surface area contributed by atoms with E-state index in [9.17, 15) is 8.42 Å². The van der Waals surface area contributed by atoms with Gasteiger partial charge in [-0.1, -0.05) is 19.9 Å². The van der Waals surface area contributed by atoms with Gasteiger partial charge in [-0.2, -0.15) is 0 Å². The molecule has 5 nitrogen and oxygen atoms in total. The van der Waals surface area contributed by atoms with Crippen molar-refractivity contribution in [1.29, 1.82) is 0 Å². The van der Waals surface area contributed by atoms with Gasteiger partial charge in [0.1, 0.15) is 0 Å². The molecule has 1 saturated heterocycles. The number of benzene rings is 1. The summed E-state index contributed by atoms with van der Waals surface area (Å²) in [5.74, 6) is 0. The quantitative estimate of drug-likeness (QED) is 0.869. The van der Waals surface area contributed by atoms with E-state index in [1.807, 2.05) is 6.07 Å². The second kappa shape index (κ2) is 7.35. The van der Waals surface area contributed by atoms with Crippen molar-refractivity contribution >= 4 is 33.3 Å². The molecule has 0 amide bonds. The fourth-order valence-corrected chi connectivity index (χ4v) is 4.46. The third-order valence-corrected chi connectivity index (χ3v) is 6.19. The van der Waals surface area contributed by atoms with Gasteiger partial charge < -0.3 is 5.32 Å². The summed E-state index contributed by atoms with van der Waals surface area (Å²) >= 11 is 0. The molecule has 1 aromatic heterocycles. The molecule has 1 aliphatic heterocycles. The van der Waals surface area contributed by atoms with Gasteiger partial charge >= 0.3 is 0 Å². The first-order valence-electron chi connectivity index (χ1n) is 7.97. The van der Waals surface area contributed by atoms with Gasteiger partial charge in [0.15, 0.2) is 0 Å². The third-order valence-electron chi connectivity index (χ3n) is 4.70. The average Bonchev–Trinajstić information content (AvgIpc) is 2.53. The maximum absolute atomic E-state index is 12.7. The largest absolute Gasteiger partial charge is 0.312 e. The Bertz CT molecular complexity index is 803. The number of nitrogens with one attached hydrogen (secondary N) is 2. The average molecular weight is 370 g/mol. The standard InChI is InChI=1S/C17H23N3O2S.ClH/c1-17(2)9-5-11-19-16(17)12-20-23(21,22)15-8-3-7-14-13(15)6-4-10-18-14;/h3-4,6-8,10,16,19-20H,5,9,11-12H2,1-2H3;1H. The summed E-state index contributed by atoms with van der Waals surface area (Å²) in [5, 5.41) is 4.08. The highest BCUT2D eigenvalue weighted by Crippen LogP contribution is 2.30. The minimum atomic E-state index is -3.57. The first kappa shape index (κ1) is 19.1. The second-order valence-corrected chi connectivity index (χ2v) is 8.51. The fourth-order valence-electron chi connectivity index (χ4n) is 3.20. The van der Waals surface area contributed by atoms with Crippen LogP contribution in [0.3, 0.4) is 0 Å². The van der Waals surface area contributed by atoms with Crippen molar-refractivity contribution in [3.05, 3.63) is 36.5 Å². The van der Waals surface area contributed by atoms with Gasteiger partial charge in [0, 0.05) is 24.2 Å². The summed E-state index contributed by atoms with van der Waals surface area (Å²) in [6.45, 7) is 5.69. The SMILES string of the molecule is CC1(C)CCCNC1CNS(=O)(=O)c1cccc2ncccc12.Cl. The minimum absolute atomic E-state index is 0. The van der Waals surface area contributed by atoms with Crippen LogP contribution in [-0.2, 0) is 10.0 Å². The lowest BCUT2D eigenvalue weighted by Crippen LogP contribution is -2.52. The molecule has 7 heteroatoms. The first-order chi connectivity index (χ1) is 10.9. The van der Waals surface area contributed by atoms with E-state index in [-0.39, 0.29) is 28.8 Å². The molecular weight excluding hydrogens is 346 g/mol. The highest BCUT2D eigenvalue weighted by molar-refractivity contribution is 7.89. The Morgan fingerprint density at radius 3 is 2.83 bits per heavy atom. The first-order valence-corrected chi connectivity index (χ1v) is 9.45. The Balaban J connectivity index is 0.00000208. The second-order valence-electron chi connectivity index (χ2n) is 6.78. The highest BCUT2D eigenvalue weighted by atomic mass is 35.5. The monoisotopic (exact) mass is 369 g/mol. The van der Waals surface area contributed by atoms with Gasteiger partial charge in [0.05, 0.1) is 10.4 Å². The van der Waals surface area contributed by atoms with Crippen LogP contribution in [0, 0.1) is 5.41 Å². The predicted molar refractivity (Wildman–Crippen MR) is 99.0 cm³/mol. The molecule has 1 aromatic carbocycles. The van der Waals surface area contributed by atoms with Crippen molar-refractivity contribution in [3.8, 4) is 0 Å². The molecule has 1 fully saturated rings. The van der Waals surface area contributed by atoms with Crippen LogP contribution in [0.4, 0.5) is 0 Å². The number of rotatable bonds is 4. The normalized spacial score (nSPS) is 20.5. The lowest BCUT2D eigenvalue weighted by atomic mass is 9.78. The number of hydrogen-bond acceptors (Lipinski definition) is 4. The molecule has 1 unspecified atom stereocenters. The molecule has 2 N–H and O–H groups in total. The van der Waals surface area contributed by atoms with Crippen LogP contribution in [0.5, 0.6) is 0 Å². The zero-order valence-electron chi connectivity index (χ0n) is 14.0. The number of halogens is 1. The third kappa shape index (κ3) is 3.88. The van der Waals surface area contributed by atoms with Crippen molar-refractivity contribution < 1.29 is 8.42 Å². The molecule has 0 radical (unpaired) electrons. The van der Waals surface area contributed by atoms with Crippen LogP contribution in [0.1, 0.15) is 26.7 Å². The van der Waals surface area contributed by atoms with Crippen molar-refractivity contribution in [2.45, 2.75) is 37.6 Å². The molecule has 1 atom stereocenters. The molecular formula is C17H24ClN3O2S. The summed E-state index contributed by atoms with van der Waals surface area (Å²) in [7, 11) is -3.57. The lowest BCUT2D eigenvalue weighted by Gasteiger charge is -2.39. The van der Waals surface area contributed by atoms with E-state index in [0.717, 1.165) is 19.4 Å². The molecule has 24 heavy (non-hydrogen) atoms. The Hall–Kier alpha value is -1.21. The summed E-state index contributed by atoms with van der Waals surface area (Å²) in [6.07, 6.45) is 3.90. The topological polar surface area (TPSA) is 71.1 Å². The van der Waals surface area contributed by atoms with Gasteiger partial charge in [-0.05, 0) is 49.1 Å². The van der Waals surface area contributed by atoms with E-state index < -0.39 is 10.0 Å². The molecule has 2 heterocycles. The molecule has 132 valence electrons.